The predicted molar refractivity (Wildman–Crippen MR) is 56.5 cm³/mol. The Morgan fingerprint density at radius 2 is 2.20 bits per heavy atom. The van der Waals surface area contributed by atoms with Crippen LogP contribution < -0.4 is 0 Å². The Kier molecular flexibility index (Phi) is 2.64. The molecular formula is C10H14N4O. The number of fused-ring (bicyclic) bond motifs is 1. The largest absolute Gasteiger partial charge is 0.394 e. The number of rotatable bonds is 3. The molecule has 0 aromatic carbocycles. The van der Waals surface area contributed by atoms with E-state index in [4.69, 9.17) is 0 Å². The van der Waals surface area contributed by atoms with Gasteiger partial charge in [0.05, 0.1) is 24.7 Å². The van der Waals surface area contributed by atoms with Crippen molar-refractivity contribution in [3.05, 3.63) is 18.3 Å². The summed E-state index contributed by atoms with van der Waals surface area (Å²) in [6, 6.07) is 0.0456. The van der Waals surface area contributed by atoms with Gasteiger partial charge in [0.15, 0.2) is 5.65 Å². The Labute approximate surface area is 87.8 Å². The number of aliphatic hydroxyl groups is 1. The van der Waals surface area contributed by atoms with Gasteiger partial charge in [0, 0.05) is 0 Å². The monoisotopic (exact) mass is 206 g/mol. The molecule has 1 unspecified atom stereocenters. The molecule has 0 spiro atoms. The van der Waals surface area contributed by atoms with Gasteiger partial charge in [-0.15, -0.1) is 0 Å². The number of hydrogen-bond acceptors (Lipinski definition) is 4. The average Bonchev–Trinajstić information content (AvgIpc) is 2.66. The number of nitrogens with zero attached hydrogens (tertiary/aromatic N) is 4. The quantitative estimate of drug-likeness (QED) is 0.816. The molecule has 1 N–H and O–H groups in total. The van der Waals surface area contributed by atoms with E-state index in [1.54, 1.807) is 6.33 Å². The molecular weight excluding hydrogens is 192 g/mol. The Morgan fingerprint density at radius 3 is 2.87 bits per heavy atom. The lowest BCUT2D eigenvalue weighted by molar-refractivity contribution is 0.226. The van der Waals surface area contributed by atoms with Crippen molar-refractivity contribution in [1.29, 1.82) is 0 Å². The lowest BCUT2D eigenvalue weighted by Gasteiger charge is -2.13. The molecule has 5 nitrogen and oxygen atoms in total. The van der Waals surface area contributed by atoms with Crippen LogP contribution in [0.4, 0.5) is 0 Å². The predicted octanol–water partition coefficient (Wildman–Crippen LogP) is 1.08. The topological polar surface area (TPSA) is 63.8 Å². The van der Waals surface area contributed by atoms with E-state index in [0.29, 0.717) is 0 Å². The zero-order valence-corrected chi connectivity index (χ0v) is 8.88. The summed E-state index contributed by atoms with van der Waals surface area (Å²) in [5, 5.41) is 9.23. The molecule has 0 amide bonds. The summed E-state index contributed by atoms with van der Waals surface area (Å²) < 4.78 is 1.91. The van der Waals surface area contributed by atoms with Crippen LogP contribution in [0.3, 0.4) is 0 Å². The maximum Gasteiger partial charge on any atom is 0.163 e. The molecule has 0 bridgehead atoms. The smallest absolute Gasteiger partial charge is 0.163 e. The molecule has 5 heteroatoms. The maximum absolute atomic E-state index is 9.23. The standard InChI is InChI=1S/C10H14N4O/c1-3-8(4-15)14-6-13-9-7(2)11-5-12-10(9)14/h5-6,8,15H,3-4H2,1-2H3. The van der Waals surface area contributed by atoms with Crippen LogP contribution in [0.1, 0.15) is 25.1 Å². The first-order valence-corrected chi connectivity index (χ1v) is 5.03. The molecule has 2 aromatic rings. The fourth-order valence-corrected chi connectivity index (χ4v) is 1.65. The molecule has 0 aliphatic carbocycles. The van der Waals surface area contributed by atoms with E-state index >= 15 is 0 Å². The van der Waals surface area contributed by atoms with Crippen LogP contribution >= 0.6 is 0 Å². The maximum atomic E-state index is 9.23. The van der Waals surface area contributed by atoms with E-state index in [2.05, 4.69) is 15.0 Å². The highest BCUT2D eigenvalue weighted by Gasteiger charge is 2.13. The van der Waals surface area contributed by atoms with Gasteiger partial charge >= 0.3 is 0 Å². The Bertz CT molecular complexity index is 461. The fraction of sp³-hybridized carbons (Fsp3) is 0.500. The summed E-state index contributed by atoms with van der Waals surface area (Å²) >= 11 is 0. The van der Waals surface area contributed by atoms with Gasteiger partial charge in [-0.25, -0.2) is 15.0 Å². The van der Waals surface area contributed by atoms with Gasteiger partial charge in [0.1, 0.15) is 11.8 Å². The van der Waals surface area contributed by atoms with E-state index in [0.717, 1.165) is 23.3 Å². The van der Waals surface area contributed by atoms with Gasteiger partial charge in [-0.2, -0.15) is 0 Å². The van der Waals surface area contributed by atoms with Gasteiger partial charge in [-0.05, 0) is 13.3 Å². The number of aryl methyl sites for hydroxylation is 1. The molecule has 0 aliphatic heterocycles. The average molecular weight is 206 g/mol. The molecule has 0 aliphatic rings. The number of imidazole rings is 1. The highest BCUT2D eigenvalue weighted by atomic mass is 16.3. The molecule has 0 saturated carbocycles. The lowest BCUT2D eigenvalue weighted by atomic mass is 10.2. The van der Waals surface area contributed by atoms with Crippen molar-refractivity contribution in [2.24, 2.45) is 0 Å². The second-order valence-electron chi connectivity index (χ2n) is 3.53. The second-order valence-corrected chi connectivity index (χ2v) is 3.53. The van der Waals surface area contributed by atoms with E-state index in [1.807, 2.05) is 18.4 Å². The van der Waals surface area contributed by atoms with Crippen LogP contribution in [0, 0.1) is 6.92 Å². The van der Waals surface area contributed by atoms with Crippen molar-refractivity contribution in [1.82, 2.24) is 19.5 Å². The van der Waals surface area contributed by atoms with Crippen LogP contribution in [0.5, 0.6) is 0 Å². The second kappa shape index (κ2) is 3.94. The Balaban J connectivity index is 2.58. The van der Waals surface area contributed by atoms with Crippen molar-refractivity contribution in [2.75, 3.05) is 6.61 Å². The number of hydrogen-bond donors (Lipinski definition) is 1. The minimum absolute atomic E-state index is 0.0456. The zero-order valence-electron chi connectivity index (χ0n) is 8.88. The number of aromatic nitrogens is 4. The minimum atomic E-state index is 0.0456. The normalized spacial score (nSPS) is 13.3. The fourth-order valence-electron chi connectivity index (χ4n) is 1.65. The van der Waals surface area contributed by atoms with E-state index in [9.17, 15) is 5.11 Å². The van der Waals surface area contributed by atoms with Gasteiger partial charge in [-0.3, -0.25) is 0 Å². The van der Waals surface area contributed by atoms with E-state index < -0.39 is 0 Å². The van der Waals surface area contributed by atoms with Crippen LogP contribution in [0.15, 0.2) is 12.7 Å². The minimum Gasteiger partial charge on any atom is -0.394 e. The highest BCUT2D eigenvalue weighted by Crippen LogP contribution is 2.18. The van der Waals surface area contributed by atoms with Crippen LogP contribution in [-0.4, -0.2) is 31.2 Å². The van der Waals surface area contributed by atoms with Crippen molar-refractivity contribution >= 4 is 11.2 Å². The van der Waals surface area contributed by atoms with Gasteiger partial charge in [-0.1, -0.05) is 6.92 Å². The summed E-state index contributed by atoms with van der Waals surface area (Å²) in [6.45, 7) is 4.03. The van der Waals surface area contributed by atoms with Gasteiger partial charge in [0.25, 0.3) is 0 Å². The van der Waals surface area contributed by atoms with Crippen molar-refractivity contribution in [2.45, 2.75) is 26.3 Å². The lowest BCUT2D eigenvalue weighted by Crippen LogP contribution is -2.11. The Hall–Kier alpha value is -1.49. The molecule has 0 fully saturated rings. The molecule has 0 radical (unpaired) electrons. The first-order valence-electron chi connectivity index (χ1n) is 5.03. The summed E-state index contributed by atoms with van der Waals surface area (Å²) in [6.07, 6.45) is 4.10. The summed E-state index contributed by atoms with van der Waals surface area (Å²) in [5.74, 6) is 0. The van der Waals surface area contributed by atoms with Crippen molar-refractivity contribution in [3.8, 4) is 0 Å². The van der Waals surface area contributed by atoms with Crippen molar-refractivity contribution in [3.63, 3.8) is 0 Å². The summed E-state index contributed by atoms with van der Waals surface area (Å²) in [5.41, 5.74) is 2.47. The van der Waals surface area contributed by atoms with E-state index in [1.165, 1.54) is 6.33 Å². The van der Waals surface area contributed by atoms with Crippen LogP contribution in [0.25, 0.3) is 11.2 Å². The van der Waals surface area contributed by atoms with Crippen LogP contribution in [-0.2, 0) is 0 Å². The first-order chi connectivity index (χ1) is 7.27. The highest BCUT2D eigenvalue weighted by molar-refractivity contribution is 5.72. The molecule has 15 heavy (non-hydrogen) atoms. The van der Waals surface area contributed by atoms with Gasteiger partial charge in [0.2, 0.25) is 0 Å². The summed E-state index contributed by atoms with van der Waals surface area (Å²) in [7, 11) is 0. The molecule has 2 aromatic heterocycles. The molecule has 2 heterocycles. The Morgan fingerprint density at radius 1 is 1.40 bits per heavy atom. The molecule has 80 valence electrons. The SMILES string of the molecule is CCC(CO)n1cnc2c(C)ncnc21. The summed E-state index contributed by atoms with van der Waals surface area (Å²) in [4.78, 5) is 12.5. The van der Waals surface area contributed by atoms with Crippen molar-refractivity contribution < 1.29 is 5.11 Å². The van der Waals surface area contributed by atoms with E-state index in [-0.39, 0.29) is 12.6 Å². The zero-order chi connectivity index (χ0) is 10.8. The third kappa shape index (κ3) is 1.59. The molecule has 0 saturated heterocycles. The molecule has 1 atom stereocenters. The van der Waals surface area contributed by atoms with Gasteiger partial charge < -0.3 is 9.67 Å². The third-order valence-electron chi connectivity index (χ3n) is 2.62. The van der Waals surface area contributed by atoms with Crippen LogP contribution in [0.2, 0.25) is 0 Å². The first kappa shape index (κ1) is 10.0. The molecule has 2 rings (SSSR count). The third-order valence-corrected chi connectivity index (χ3v) is 2.62. The number of aliphatic hydroxyl groups excluding tert-OH is 1.